The number of halogens is 1. The first kappa shape index (κ1) is 15.4. The maximum Gasteiger partial charge on any atom is 0.203 e. The molecular weight excluding hydrogens is 330 g/mol. The molecule has 0 unspecified atom stereocenters. The minimum atomic E-state index is 0.592. The smallest absolute Gasteiger partial charge is 0.203 e. The molecule has 4 nitrogen and oxygen atoms in total. The molecular formula is C17H12ClN3OS. The van der Waals surface area contributed by atoms with E-state index in [4.69, 9.17) is 11.6 Å². The second-order valence-electron chi connectivity index (χ2n) is 4.63. The lowest BCUT2D eigenvalue weighted by atomic mass is 10.1. The molecule has 0 radical (unpaired) electrons. The van der Waals surface area contributed by atoms with Gasteiger partial charge >= 0.3 is 0 Å². The Morgan fingerprint density at radius 3 is 2.61 bits per heavy atom. The Bertz CT molecular complexity index is 860. The zero-order chi connectivity index (χ0) is 16.1. The van der Waals surface area contributed by atoms with Crippen LogP contribution in [0.3, 0.4) is 0 Å². The number of thiazole rings is 1. The lowest BCUT2D eigenvalue weighted by Gasteiger charge is -1.99. The predicted molar refractivity (Wildman–Crippen MR) is 95.6 cm³/mol. The molecule has 3 rings (SSSR count). The van der Waals surface area contributed by atoms with Crippen LogP contribution in [0.5, 0.6) is 0 Å². The van der Waals surface area contributed by atoms with Gasteiger partial charge in [-0.3, -0.25) is 10.2 Å². The highest BCUT2D eigenvalue weighted by Crippen LogP contribution is 2.30. The lowest BCUT2D eigenvalue weighted by Crippen LogP contribution is -1.94. The summed E-state index contributed by atoms with van der Waals surface area (Å²) in [4.78, 5) is 15.4. The summed E-state index contributed by atoms with van der Waals surface area (Å²) < 4.78 is 0. The van der Waals surface area contributed by atoms with Crippen molar-refractivity contribution in [1.82, 2.24) is 4.98 Å². The molecule has 0 bridgehead atoms. The van der Waals surface area contributed by atoms with Gasteiger partial charge in [0.05, 0.1) is 11.9 Å². The van der Waals surface area contributed by atoms with E-state index in [0.29, 0.717) is 15.7 Å². The van der Waals surface area contributed by atoms with Crippen molar-refractivity contribution >= 4 is 40.6 Å². The number of hydrazone groups is 1. The Labute approximate surface area is 142 Å². The van der Waals surface area contributed by atoms with E-state index in [2.05, 4.69) is 15.5 Å². The van der Waals surface area contributed by atoms with Gasteiger partial charge in [-0.15, -0.1) is 11.3 Å². The highest BCUT2D eigenvalue weighted by atomic mass is 35.5. The number of carbonyl (C=O) groups excluding carboxylic acids is 1. The van der Waals surface area contributed by atoms with Crippen LogP contribution in [0.15, 0.2) is 59.0 Å². The Balaban J connectivity index is 1.74. The molecule has 0 aliphatic heterocycles. The summed E-state index contributed by atoms with van der Waals surface area (Å²) in [6.45, 7) is 0. The van der Waals surface area contributed by atoms with Crippen LogP contribution in [0, 0.1) is 0 Å². The van der Waals surface area contributed by atoms with Gasteiger partial charge in [0.15, 0.2) is 6.29 Å². The molecule has 6 heteroatoms. The van der Waals surface area contributed by atoms with Crippen molar-refractivity contribution in [3.05, 3.63) is 70.1 Å². The number of hydrogen-bond donors (Lipinski definition) is 1. The molecule has 114 valence electrons. The Morgan fingerprint density at radius 2 is 1.83 bits per heavy atom. The fourth-order valence-corrected chi connectivity index (χ4v) is 2.90. The molecule has 0 saturated heterocycles. The van der Waals surface area contributed by atoms with Gasteiger partial charge in [-0.2, -0.15) is 5.10 Å². The second kappa shape index (κ2) is 7.17. The van der Waals surface area contributed by atoms with Crippen LogP contribution in [0.4, 0.5) is 5.13 Å². The van der Waals surface area contributed by atoms with E-state index in [0.717, 1.165) is 23.1 Å². The third-order valence-corrected chi connectivity index (χ3v) is 4.22. The van der Waals surface area contributed by atoms with E-state index in [1.54, 1.807) is 12.3 Å². The number of nitrogens with one attached hydrogen (secondary N) is 1. The number of carbonyl (C=O) groups is 1. The molecule has 0 amide bonds. The van der Waals surface area contributed by atoms with Gasteiger partial charge in [-0.1, -0.05) is 54.1 Å². The summed E-state index contributed by atoms with van der Waals surface area (Å²) in [5.41, 5.74) is 5.89. The van der Waals surface area contributed by atoms with E-state index in [-0.39, 0.29) is 0 Å². The maximum absolute atomic E-state index is 10.9. The van der Waals surface area contributed by atoms with Crippen LogP contribution in [0.1, 0.15) is 15.9 Å². The zero-order valence-electron chi connectivity index (χ0n) is 11.9. The Morgan fingerprint density at radius 1 is 1.09 bits per heavy atom. The summed E-state index contributed by atoms with van der Waals surface area (Å²) in [5, 5.41) is 7.36. The first-order valence-corrected chi connectivity index (χ1v) is 8.07. The number of nitrogens with zero attached hydrogens (tertiary/aromatic N) is 2. The van der Waals surface area contributed by atoms with Crippen molar-refractivity contribution in [2.45, 2.75) is 0 Å². The molecule has 1 aromatic heterocycles. The molecule has 1 heterocycles. The monoisotopic (exact) mass is 341 g/mol. The first-order chi connectivity index (χ1) is 11.3. The summed E-state index contributed by atoms with van der Waals surface area (Å²) in [7, 11) is 0. The third-order valence-electron chi connectivity index (χ3n) is 3.14. The molecule has 0 atom stereocenters. The van der Waals surface area contributed by atoms with Gasteiger partial charge in [-0.05, 0) is 6.07 Å². The van der Waals surface area contributed by atoms with E-state index < -0.39 is 0 Å². The summed E-state index contributed by atoms with van der Waals surface area (Å²) in [6, 6.07) is 14.8. The first-order valence-electron chi connectivity index (χ1n) is 6.81. The van der Waals surface area contributed by atoms with Crippen LogP contribution >= 0.6 is 22.9 Å². The van der Waals surface area contributed by atoms with E-state index in [9.17, 15) is 4.79 Å². The molecule has 23 heavy (non-hydrogen) atoms. The molecule has 3 aromatic rings. The minimum absolute atomic E-state index is 0.592. The number of benzene rings is 2. The van der Waals surface area contributed by atoms with Crippen molar-refractivity contribution in [2.75, 3.05) is 5.43 Å². The molecule has 0 aliphatic rings. The van der Waals surface area contributed by atoms with Crippen molar-refractivity contribution < 1.29 is 4.79 Å². The average Bonchev–Trinajstić information content (AvgIpc) is 3.04. The fraction of sp³-hybridized carbons (Fsp3) is 0. The summed E-state index contributed by atoms with van der Waals surface area (Å²) >= 11 is 7.60. The van der Waals surface area contributed by atoms with E-state index in [1.807, 2.05) is 47.8 Å². The normalized spacial score (nSPS) is 10.8. The van der Waals surface area contributed by atoms with Crippen LogP contribution < -0.4 is 5.43 Å². The number of aromatic nitrogens is 1. The molecule has 0 aliphatic carbocycles. The molecule has 0 fully saturated rings. The van der Waals surface area contributed by atoms with Gasteiger partial charge in [0.2, 0.25) is 5.13 Å². The Hall–Kier alpha value is -2.50. The summed E-state index contributed by atoms with van der Waals surface area (Å²) in [6.07, 6.45) is 2.40. The second-order valence-corrected chi connectivity index (χ2v) is 5.90. The topological polar surface area (TPSA) is 54.4 Å². The van der Waals surface area contributed by atoms with Gasteiger partial charge in [0.1, 0.15) is 0 Å². The molecule has 2 aromatic carbocycles. The largest absolute Gasteiger partial charge is 0.298 e. The SMILES string of the molecule is O=Cc1ccccc1/C=N/Nc1nc(-c2ccccc2Cl)cs1. The number of anilines is 1. The number of rotatable bonds is 5. The van der Waals surface area contributed by atoms with Crippen LogP contribution in [0.25, 0.3) is 11.3 Å². The van der Waals surface area contributed by atoms with Crippen molar-refractivity contribution in [1.29, 1.82) is 0 Å². The standard InChI is InChI=1S/C17H12ClN3OS/c18-15-8-4-3-7-14(15)16-11-23-17(20-16)21-19-9-12-5-1-2-6-13(12)10-22/h1-11H,(H,20,21)/b19-9+. The molecule has 0 spiro atoms. The quantitative estimate of drug-likeness (QED) is 0.415. The predicted octanol–water partition coefficient (Wildman–Crippen LogP) is 4.72. The number of aldehydes is 1. The van der Waals surface area contributed by atoms with Crippen molar-refractivity contribution in [3.63, 3.8) is 0 Å². The van der Waals surface area contributed by atoms with Crippen LogP contribution in [-0.2, 0) is 0 Å². The van der Waals surface area contributed by atoms with Crippen LogP contribution in [0.2, 0.25) is 5.02 Å². The fourth-order valence-electron chi connectivity index (χ4n) is 2.01. The summed E-state index contributed by atoms with van der Waals surface area (Å²) in [5.74, 6) is 0. The maximum atomic E-state index is 10.9. The third kappa shape index (κ3) is 3.64. The highest BCUT2D eigenvalue weighted by molar-refractivity contribution is 7.14. The Kier molecular flexibility index (Phi) is 4.80. The highest BCUT2D eigenvalue weighted by Gasteiger charge is 2.07. The lowest BCUT2D eigenvalue weighted by molar-refractivity contribution is 0.112. The van der Waals surface area contributed by atoms with Crippen molar-refractivity contribution in [2.24, 2.45) is 5.10 Å². The van der Waals surface area contributed by atoms with Gasteiger partial charge < -0.3 is 0 Å². The van der Waals surface area contributed by atoms with Crippen LogP contribution in [-0.4, -0.2) is 17.5 Å². The number of hydrogen-bond acceptors (Lipinski definition) is 5. The molecule has 0 saturated carbocycles. The van der Waals surface area contributed by atoms with Gasteiger partial charge in [0.25, 0.3) is 0 Å². The molecule has 1 N–H and O–H groups in total. The average molecular weight is 342 g/mol. The van der Waals surface area contributed by atoms with Crippen molar-refractivity contribution in [3.8, 4) is 11.3 Å². The minimum Gasteiger partial charge on any atom is -0.298 e. The van der Waals surface area contributed by atoms with E-state index >= 15 is 0 Å². The zero-order valence-corrected chi connectivity index (χ0v) is 13.5. The van der Waals surface area contributed by atoms with E-state index in [1.165, 1.54) is 11.3 Å². The van der Waals surface area contributed by atoms with Gasteiger partial charge in [-0.25, -0.2) is 4.98 Å². The van der Waals surface area contributed by atoms with Gasteiger partial charge in [0, 0.05) is 27.1 Å².